The van der Waals surface area contributed by atoms with E-state index in [0.717, 1.165) is 36.0 Å². The van der Waals surface area contributed by atoms with Crippen molar-refractivity contribution >= 4 is 17.6 Å². The van der Waals surface area contributed by atoms with Gasteiger partial charge in [0.05, 0.1) is 0 Å². The highest BCUT2D eigenvalue weighted by atomic mass is 32.2. The van der Waals surface area contributed by atoms with Crippen molar-refractivity contribution in [1.82, 2.24) is 14.9 Å². The quantitative estimate of drug-likeness (QED) is 0.627. The summed E-state index contributed by atoms with van der Waals surface area (Å²) >= 11 is 1.54. The van der Waals surface area contributed by atoms with Gasteiger partial charge in [-0.3, -0.25) is 4.90 Å². The van der Waals surface area contributed by atoms with Crippen molar-refractivity contribution in [3.05, 3.63) is 47.7 Å². The van der Waals surface area contributed by atoms with E-state index < -0.39 is 11.6 Å². The summed E-state index contributed by atoms with van der Waals surface area (Å²) in [6, 6.07) is 6.99. The van der Waals surface area contributed by atoms with Crippen molar-refractivity contribution in [3.8, 4) is 0 Å². The van der Waals surface area contributed by atoms with Gasteiger partial charge >= 0.3 is 0 Å². The third-order valence-electron chi connectivity index (χ3n) is 4.82. The van der Waals surface area contributed by atoms with Crippen molar-refractivity contribution in [3.63, 3.8) is 0 Å². The van der Waals surface area contributed by atoms with Gasteiger partial charge in [0.25, 0.3) is 0 Å². The summed E-state index contributed by atoms with van der Waals surface area (Å²) in [5, 5.41) is 0.783. The number of anilines is 1. The highest BCUT2D eigenvalue weighted by molar-refractivity contribution is 7.98. The summed E-state index contributed by atoms with van der Waals surface area (Å²) in [6.45, 7) is 2.48. The molecule has 2 bridgehead atoms. The Hall–Kier alpha value is -1.73. The Balaban J connectivity index is 1.43. The molecule has 4 heterocycles. The van der Waals surface area contributed by atoms with E-state index in [9.17, 15) is 8.78 Å². The smallest absolute Gasteiger partial charge is 0.189 e. The predicted octanol–water partition coefficient (Wildman–Crippen LogP) is 2.94. The molecule has 2 aromatic rings. The number of fused-ring (bicyclic) bond motifs is 2. The number of piperidine rings is 1. The van der Waals surface area contributed by atoms with Crippen LogP contribution in [0.3, 0.4) is 0 Å². The number of piperazine rings is 1. The van der Waals surface area contributed by atoms with Crippen LogP contribution < -0.4 is 4.90 Å². The standard InChI is InChI=1S/C17H18F2N4S/c1-24-17-20-5-4-16(21-17)22-9-12-7-13(10-22)23(12)8-11-2-3-14(18)15(19)6-11/h2-6,12-13H,7-10H2,1H3. The fraction of sp³-hybridized carbons (Fsp3) is 0.412. The van der Waals surface area contributed by atoms with Crippen molar-refractivity contribution in [2.24, 2.45) is 0 Å². The van der Waals surface area contributed by atoms with E-state index in [1.54, 1.807) is 12.3 Å². The number of rotatable bonds is 4. The second-order valence-corrected chi connectivity index (χ2v) is 7.04. The molecule has 0 aliphatic carbocycles. The van der Waals surface area contributed by atoms with Crippen LogP contribution in [0.1, 0.15) is 12.0 Å². The van der Waals surface area contributed by atoms with Gasteiger partial charge < -0.3 is 4.90 Å². The molecule has 1 aromatic carbocycles. The fourth-order valence-electron chi connectivity index (χ4n) is 3.59. The Bertz CT molecular complexity index is 745. The Morgan fingerprint density at radius 3 is 2.67 bits per heavy atom. The molecule has 0 N–H and O–H groups in total. The first-order chi connectivity index (χ1) is 11.6. The predicted molar refractivity (Wildman–Crippen MR) is 90.1 cm³/mol. The Morgan fingerprint density at radius 2 is 1.96 bits per heavy atom. The highest BCUT2D eigenvalue weighted by Gasteiger charge is 2.44. The fourth-order valence-corrected chi connectivity index (χ4v) is 3.94. The molecule has 3 fully saturated rings. The molecule has 0 saturated carbocycles. The molecule has 1 aromatic heterocycles. The van der Waals surface area contributed by atoms with Gasteiger partial charge in [-0.15, -0.1) is 0 Å². The average Bonchev–Trinajstić information content (AvgIpc) is 2.62. The first-order valence-electron chi connectivity index (χ1n) is 7.95. The number of benzene rings is 1. The highest BCUT2D eigenvalue weighted by Crippen LogP contribution is 2.35. The lowest BCUT2D eigenvalue weighted by atomic mass is 9.87. The summed E-state index contributed by atoms with van der Waals surface area (Å²) in [5.41, 5.74) is 0.823. The summed E-state index contributed by atoms with van der Waals surface area (Å²) in [7, 11) is 0. The van der Waals surface area contributed by atoms with Gasteiger partial charge in [-0.05, 0) is 36.4 Å². The van der Waals surface area contributed by atoms with Crippen LogP contribution in [0.5, 0.6) is 0 Å². The minimum atomic E-state index is -0.790. The van der Waals surface area contributed by atoms with Crippen molar-refractivity contribution in [2.45, 2.75) is 30.2 Å². The second-order valence-electron chi connectivity index (χ2n) is 6.27. The van der Waals surface area contributed by atoms with Crippen LogP contribution in [0.15, 0.2) is 35.6 Å². The van der Waals surface area contributed by atoms with Crippen LogP contribution in [0.4, 0.5) is 14.6 Å². The number of halogens is 2. The average molecular weight is 348 g/mol. The third kappa shape index (κ3) is 2.86. The first kappa shape index (κ1) is 15.8. The van der Waals surface area contributed by atoms with Crippen molar-refractivity contribution in [2.75, 3.05) is 24.2 Å². The number of hydrogen-bond donors (Lipinski definition) is 0. The van der Waals surface area contributed by atoms with E-state index in [1.807, 2.05) is 12.3 Å². The molecule has 0 amide bonds. The Morgan fingerprint density at radius 1 is 1.17 bits per heavy atom. The number of aromatic nitrogens is 2. The molecule has 24 heavy (non-hydrogen) atoms. The van der Waals surface area contributed by atoms with Crippen LogP contribution in [0, 0.1) is 11.6 Å². The lowest BCUT2D eigenvalue weighted by Crippen LogP contribution is -2.68. The Labute approximate surface area is 143 Å². The van der Waals surface area contributed by atoms with Crippen LogP contribution in [0.25, 0.3) is 0 Å². The van der Waals surface area contributed by atoms with Gasteiger partial charge in [0.15, 0.2) is 16.8 Å². The van der Waals surface area contributed by atoms with Gasteiger partial charge in [-0.1, -0.05) is 17.8 Å². The molecule has 3 aliphatic heterocycles. The largest absolute Gasteiger partial charge is 0.353 e. The molecule has 2 atom stereocenters. The van der Waals surface area contributed by atoms with E-state index in [0.29, 0.717) is 18.6 Å². The molecule has 3 saturated heterocycles. The molecule has 2 unspecified atom stereocenters. The molecule has 0 spiro atoms. The normalized spacial score (nSPS) is 23.2. The van der Waals surface area contributed by atoms with E-state index in [1.165, 1.54) is 23.9 Å². The van der Waals surface area contributed by atoms with E-state index >= 15 is 0 Å². The zero-order chi connectivity index (χ0) is 16.7. The van der Waals surface area contributed by atoms with E-state index in [-0.39, 0.29) is 0 Å². The minimum absolute atomic E-state index is 0.435. The summed E-state index contributed by atoms with van der Waals surface area (Å²) in [6.07, 6.45) is 4.92. The maximum absolute atomic E-state index is 13.4. The monoisotopic (exact) mass is 348 g/mol. The molecule has 3 aliphatic rings. The third-order valence-corrected chi connectivity index (χ3v) is 5.38. The topological polar surface area (TPSA) is 32.3 Å². The van der Waals surface area contributed by atoms with Gasteiger partial charge in [0, 0.05) is 37.9 Å². The molecular weight excluding hydrogens is 330 g/mol. The van der Waals surface area contributed by atoms with Gasteiger partial charge in [0.1, 0.15) is 5.82 Å². The zero-order valence-electron chi connectivity index (χ0n) is 13.3. The number of thioether (sulfide) groups is 1. The summed E-state index contributed by atoms with van der Waals surface area (Å²) in [4.78, 5) is 13.5. The van der Waals surface area contributed by atoms with Crippen LogP contribution in [-0.2, 0) is 6.54 Å². The van der Waals surface area contributed by atoms with Gasteiger partial charge in [-0.2, -0.15) is 0 Å². The second kappa shape index (κ2) is 6.29. The Kier molecular flexibility index (Phi) is 4.14. The number of hydrogen-bond acceptors (Lipinski definition) is 5. The maximum atomic E-state index is 13.4. The molecular formula is C17H18F2N4S. The zero-order valence-corrected chi connectivity index (χ0v) is 14.1. The van der Waals surface area contributed by atoms with E-state index in [2.05, 4.69) is 19.8 Å². The van der Waals surface area contributed by atoms with Gasteiger partial charge in [-0.25, -0.2) is 18.7 Å². The number of nitrogens with zero attached hydrogens (tertiary/aromatic N) is 4. The maximum Gasteiger partial charge on any atom is 0.189 e. The minimum Gasteiger partial charge on any atom is -0.353 e. The van der Waals surface area contributed by atoms with Crippen molar-refractivity contribution in [1.29, 1.82) is 0 Å². The SMILES string of the molecule is CSc1nccc(N2CC3CC(C2)N3Cc2ccc(F)c(F)c2)n1. The van der Waals surface area contributed by atoms with Crippen molar-refractivity contribution < 1.29 is 8.78 Å². The molecule has 0 radical (unpaired) electrons. The summed E-state index contributed by atoms with van der Waals surface area (Å²) in [5.74, 6) is -0.594. The van der Waals surface area contributed by atoms with Crippen LogP contribution in [0.2, 0.25) is 0 Å². The first-order valence-corrected chi connectivity index (χ1v) is 9.18. The molecule has 126 valence electrons. The lowest BCUT2D eigenvalue weighted by Gasteiger charge is -2.56. The molecule has 5 rings (SSSR count). The van der Waals surface area contributed by atoms with Gasteiger partial charge in [0.2, 0.25) is 0 Å². The van der Waals surface area contributed by atoms with E-state index in [4.69, 9.17) is 0 Å². The molecule has 7 heteroatoms. The van der Waals surface area contributed by atoms with Crippen LogP contribution >= 0.6 is 11.8 Å². The summed E-state index contributed by atoms with van der Waals surface area (Å²) < 4.78 is 26.4. The molecule has 4 nitrogen and oxygen atoms in total. The lowest BCUT2D eigenvalue weighted by molar-refractivity contribution is -0.00880. The van der Waals surface area contributed by atoms with Crippen LogP contribution in [-0.4, -0.2) is 46.3 Å².